The monoisotopic (exact) mass is 100 g/mol. The molecule has 5 nitrogen and oxygen atoms in total. The highest BCUT2D eigenvalue weighted by Crippen LogP contribution is 1.92. The fourth-order valence-corrected chi connectivity index (χ4v) is 0.255. The van der Waals surface area contributed by atoms with Crippen molar-refractivity contribution >= 4 is 5.84 Å². The van der Waals surface area contributed by atoms with Gasteiger partial charge in [-0.2, -0.15) is 5.10 Å². The van der Waals surface area contributed by atoms with Crippen molar-refractivity contribution < 1.29 is 4.84 Å². The maximum Gasteiger partial charge on any atom is 0.213 e. The highest BCUT2D eigenvalue weighted by atomic mass is 16.7. The Morgan fingerprint density at radius 3 is 3.00 bits per heavy atom. The molecule has 1 aliphatic heterocycles. The summed E-state index contributed by atoms with van der Waals surface area (Å²) in [6.07, 6.45) is 0. The van der Waals surface area contributed by atoms with Crippen molar-refractivity contribution in [1.82, 2.24) is 0 Å². The van der Waals surface area contributed by atoms with Crippen LogP contribution in [0.15, 0.2) is 15.5 Å². The van der Waals surface area contributed by atoms with Gasteiger partial charge in [0.15, 0.2) is 6.61 Å². The second-order valence-electron chi connectivity index (χ2n) is 1.00. The van der Waals surface area contributed by atoms with Crippen LogP contribution in [0.4, 0.5) is 0 Å². The standard InChI is InChI=1S/C2H4N4O/c3-4-2-1-7-6-5-2/h1,3H2. The number of hydrazone groups is 1. The Hall–Kier alpha value is -1.13. The van der Waals surface area contributed by atoms with E-state index in [4.69, 9.17) is 5.84 Å². The van der Waals surface area contributed by atoms with Gasteiger partial charge in [-0.1, -0.05) is 5.11 Å². The Balaban J connectivity index is 2.59. The first-order valence-electron chi connectivity index (χ1n) is 1.73. The van der Waals surface area contributed by atoms with Crippen LogP contribution in [-0.2, 0) is 4.84 Å². The molecule has 0 aromatic rings. The predicted octanol–water partition coefficient (Wildman–Crippen LogP) is -0.344. The lowest BCUT2D eigenvalue weighted by atomic mass is 10.7. The van der Waals surface area contributed by atoms with Gasteiger partial charge in [-0.25, -0.2) is 0 Å². The summed E-state index contributed by atoms with van der Waals surface area (Å²) in [5.74, 6) is 5.22. The van der Waals surface area contributed by atoms with Crippen LogP contribution < -0.4 is 5.84 Å². The molecule has 0 saturated carbocycles. The molecule has 0 fully saturated rings. The fraction of sp³-hybridized carbons (Fsp3) is 0.500. The first kappa shape index (κ1) is 4.04. The normalized spacial score (nSPS) is 23.1. The van der Waals surface area contributed by atoms with E-state index in [2.05, 4.69) is 20.3 Å². The molecule has 38 valence electrons. The minimum absolute atomic E-state index is 0.302. The molecule has 7 heavy (non-hydrogen) atoms. The first-order valence-corrected chi connectivity index (χ1v) is 1.73. The number of nitrogens with two attached hydrogens (primary N) is 1. The van der Waals surface area contributed by atoms with Crippen molar-refractivity contribution in [3.05, 3.63) is 0 Å². The third-order valence-electron chi connectivity index (χ3n) is 0.557. The summed E-state index contributed by atoms with van der Waals surface area (Å²) in [6, 6.07) is 0. The van der Waals surface area contributed by atoms with Crippen molar-refractivity contribution in [2.75, 3.05) is 6.61 Å². The lowest BCUT2D eigenvalue weighted by Gasteiger charge is -1.78. The van der Waals surface area contributed by atoms with Gasteiger partial charge in [0.05, 0.1) is 0 Å². The van der Waals surface area contributed by atoms with E-state index in [1.165, 1.54) is 0 Å². The number of hydrogen-bond acceptors (Lipinski definition) is 4. The molecule has 0 bridgehead atoms. The minimum atomic E-state index is 0.302. The fourth-order valence-electron chi connectivity index (χ4n) is 0.255. The number of rotatable bonds is 0. The molecule has 0 unspecified atom stereocenters. The molecule has 0 aliphatic carbocycles. The van der Waals surface area contributed by atoms with Gasteiger partial charge < -0.3 is 10.7 Å². The molecule has 0 amide bonds. The average Bonchev–Trinajstić information content (AvgIpc) is 2.14. The summed E-state index contributed by atoms with van der Waals surface area (Å²) in [4.78, 5) is 4.40. The number of nitrogens with zero attached hydrogens (tertiary/aromatic N) is 3. The zero-order valence-corrected chi connectivity index (χ0v) is 3.53. The average molecular weight is 100 g/mol. The Bertz CT molecular complexity index is 114. The Kier molecular flexibility index (Phi) is 0.892. The van der Waals surface area contributed by atoms with E-state index in [1.807, 2.05) is 0 Å². The lowest BCUT2D eigenvalue weighted by molar-refractivity contribution is 0.186. The quantitative estimate of drug-likeness (QED) is 0.334. The Labute approximate surface area is 39.8 Å². The second-order valence-corrected chi connectivity index (χ2v) is 1.00. The summed E-state index contributed by atoms with van der Waals surface area (Å²) in [5.41, 5.74) is 0. The van der Waals surface area contributed by atoms with E-state index < -0.39 is 0 Å². The van der Waals surface area contributed by atoms with Gasteiger partial charge in [-0.15, -0.1) is 0 Å². The molecule has 1 heterocycles. The molecule has 0 saturated heterocycles. The van der Waals surface area contributed by atoms with Crippen LogP contribution in [0.1, 0.15) is 0 Å². The second kappa shape index (κ2) is 1.55. The molecule has 1 rings (SSSR count). The van der Waals surface area contributed by atoms with Gasteiger partial charge >= 0.3 is 0 Å². The molecule has 0 aromatic carbocycles. The van der Waals surface area contributed by atoms with E-state index in [-0.39, 0.29) is 0 Å². The maximum atomic E-state index is 4.79. The van der Waals surface area contributed by atoms with Gasteiger partial charge in [0.1, 0.15) is 0 Å². The minimum Gasteiger partial charge on any atom is -0.371 e. The molecule has 5 heteroatoms. The molecule has 2 N–H and O–H groups in total. The predicted molar refractivity (Wildman–Crippen MR) is 22.4 cm³/mol. The van der Waals surface area contributed by atoms with E-state index in [1.54, 1.807) is 0 Å². The van der Waals surface area contributed by atoms with Crippen molar-refractivity contribution in [2.45, 2.75) is 0 Å². The van der Waals surface area contributed by atoms with E-state index in [9.17, 15) is 0 Å². The largest absolute Gasteiger partial charge is 0.371 e. The summed E-state index contributed by atoms with van der Waals surface area (Å²) >= 11 is 0. The third kappa shape index (κ3) is 0.648. The first-order chi connectivity index (χ1) is 3.43. The van der Waals surface area contributed by atoms with Crippen LogP contribution >= 0.6 is 0 Å². The highest BCUT2D eigenvalue weighted by Gasteiger charge is 2.02. The van der Waals surface area contributed by atoms with Crippen LogP contribution in [0.3, 0.4) is 0 Å². The van der Waals surface area contributed by atoms with Gasteiger partial charge in [0.2, 0.25) is 5.84 Å². The van der Waals surface area contributed by atoms with Crippen LogP contribution in [0.25, 0.3) is 0 Å². The SMILES string of the molecule is NN=C1CON=N1. The van der Waals surface area contributed by atoms with Crippen LogP contribution in [0, 0.1) is 0 Å². The Morgan fingerprint density at radius 2 is 2.71 bits per heavy atom. The Morgan fingerprint density at radius 1 is 1.86 bits per heavy atom. The molecule has 0 atom stereocenters. The molecule has 0 aromatic heterocycles. The van der Waals surface area contributed by atoms with Gasteiger partial charge in [-0.05, 0) is 0 Å². The zero-order valence-electron chi connectivity index (χ0n) is 3.53. The molecular formula is C2H4N4O. The summed E-state index contributed by atoms with van der Waals surface area (Å²) in [5, 5.41) is 9.75. The van der Waals surface area contributed by atoms with E-state index in [0.717, 1.165) is 0 Å². The maximum absolute atomic E-state index is 4.79. The van der Waals surface area contributed by atoms with Crippen molar-refractivity contribution in [3.63, 3.8) is 0 Å². The van der Waals surface area contributed by atoms with Gasteiger partial charge in [0.25, 0.3) is 0 Å². The van der Waals surface area contributed by atoms with Crippen molar-refractivity contribution in [1.29, 1.82) is 0 Å². The summed E-state index contributed by atoms with van der Waals surface area (Å²) in [6.45, 7) is 0.302. The van der Waals surface area contributed by atoms with E-state index >= 15 is 0 Å². The van der Waals surface area contributed by atoms with Gasteiger partial charge in [0, 0.05) is 5.28 Å². The number of hydrogen-bond donors (Lipinski definition) is 1. The summed E-state index contributed by atoms with van der Waals surface area (Å²) < 4.78 is 0. The van der Waals surface area contributed by atoms with Crippen molar-refractivity contribution in [2.24, 2.45) is 21.3 Å². The lowest BCUT2D eigenvalue weighted by Crippen LogP contribution is -1.98. The molecule has 0 radical (unpaired) electrons. The van der Waals surface area contributed by atoms with Crippen molar-refractivity contribution in [3.8, 4) is 0 Å². The topological polar surface area (TPSA) is 72.3 Å². The third-order valence-corrected chi connectivity index (χ3v) is 0.557. The highest BCUT2D eigenvalue weighted by molar-refractivity contribution is 5.84. The zero-order chi connectivity index (χ0) is 5.11. The molecule has 1 aliphatic rings. The summed E-state index contributed by atoms with van der Waals surface area (Å²) in [7, 11) is 0. The van der Waals surface area contributed by atoms with Crippen LogP contribution in [0.2, 0.25) is 0 Å². The molecular weight excluding hydrogens is 96.0 g/mol. The number of amidine groups is 1. The van der Waals surface area contributed by atoms with Crippen LogP contribution in [0.5, 0.6) is 0 Å². The molecule has 0 spiro atoms. The van der Waals surface area contributed by atoms with Crippen LogP contribution in [-0.4, -0.2) is 12.4 Å². The van der Waals surface area contributed by atoms with E-state index in [0.29, 0.717) is 12.4 Å². The smallest absolute Gasteiger partial charge is 0.213 e. The van der Waals surface area contributed by atoms with Gasteiger partial charge in [-0.3, -0.25) is 0 Å².